The summed E-state index contributed by atoms with van der Waals surface area (Å²) in [4.78, 5) is 0.141. The topological polar surface area (TPSA) is 52.6 Å². The second kappa shape index (κ2) is 7.61. The predicted octanol–water partition coefficient (Wildman–Crippen LogP) is 3.93. The second-order valence-electron chi connectivity index (χ2n) is 5.36. The molecule has 0 aliphatic carbocycles. The van der Waals surface area contributed by atoms with Gasteiger partial charge in [-0.15, -0.1) is 0 Å². The highest BCUT2D eigenvalue weighted by Crippen LogP contribution is 2.22. The predicted molar refractivity (Wildman–Crippen MR) is 84.0 cm³/mol. The Morgan fingerprint density at radius 2 is 1.81 bits per heavy atom. The molecule has 0 spiro atoms. The van der Waals surface area contributed by atoms with E-state index in [0.29, 0.717) is 5.75 Å². The maximum atomic E-state index is 12.0. The van der Waals surface area contributed by atoms with Crippen LogP contribution in [0.15, 0.2) is 41.8 Å². The average Bonchev–Trinajstić information content (AvgIpc) is 2.44. The van der Waals surface area contributed by atoms with Gasteiger partial charge in [-0.2, -0.15) is 8.42 Å². The minimum absolute atomic E-state index is 0.141. The monoisotopic (exact) mass is 312 g/mol. The van der Waals surface area contributed by atoms with Crippen LogP contribution in [0, 0.1) is 0 Å². The van der Waals surface area contributed by atoms with Crippen molar-refractivity contribution in [3.8, 4) is 5.75 Å². The molecule has 0 aromatic heterocycles. The van der Waals surface area contributed by atoms with Crippen LogP contribution in [0.5, 0.6) is 5.75 Å². The number of rotatable bonds is 9. The smallest absolute Gasteiger partial charge is 0.296 e. The second-order valence-corrected chi connectivity index (χ2v) is 6.98. The summed E-state index contributed by atoms with van der Waals surface area (Å²) in [6.45, 7) is 9.72. The van der Waals surface area contributed by atoms with E-state index in [1.807, 2.05) is 13.8 Å². The molecule has 0 saturated heterocycles. The Morgan fingerprint density at radius 3 is 2.33 bits per heavy atom. The van der Waals surface area contributed by atoms with Crippen LogP contribution in [0.4, 0.5) is 0 Å². The summed E-state index contributed by atoms with van der Waals surface area (Å²) in [7, 11) is -3.68. The summed E-state index contributed by atoms with van der Waals surface area (Å²) in [5.74, 6) is 0.588. The summed E-state index contributed by atoms with van der Waals surface area (Å²) in [6.07, 6.45) is 4.41. The molecule has 4 nitrogen and oxygen atoms in total. The Bertz CT molecular complexity index is 544. The number of ether oxygens (including phenoxy) is 1. The van der Waals surface area contributed by atoms with E-state index in [1.165, 1.54) is 12.1 Å². The van der Waals surface area contributed by atoms with Crippen molar-refractivity contribution in [3.05, 3.63) is 36.9 Å². The van der Waals surface area contributed by atoms with Crippen LogP contribution in [0.2, 0.25) is 0 Å². The molecule has 0 aliphatic rings. The fraction of sp³-hybridized carbons (Fsp3) is 0.500. The van der Waals surface area contributed by atoms with E-state index in [0.717, 1.165) is 19.3 Å². The molecule has 0 saturated carbocycles. The van der Waals surface area contributed by atoms with Crippen molar-refractivity contribution in [3.63, 3.8) is 0 Å². The van der Waals surface area contributed by atoms with Crippen LogP contribution in [0.3, 0.4) is 0 Å². The average molecular weight is 312 g/mol. The zero-order valence-electron chi connectivity index (χ0n) is 13.0. The van der Waals surface area contributed by atoms with Crippen LogP contribution in [0.25, 0.3) is 0 Å². The molecular weight excluding hydrogens is 288 g/mol. The Kier molecular flexibility index (Phi) is 6.42. The van der Waals surface area contributed by atoms with E-state index in [2.05, 4.69) is 13.5 Å². The van der Waals surface area contributed by atoms with Gasteiger partial charge in [-0.25, -0.2) is 0 Å². The summed E-state index contributed by atoms with van der Waals surface area (Å²) >= 11 is 0. The lowest BCUT2D eigenvalue weighted by Crippen LogP contribution is -2.24. The zero-order chi connectivity index (χ0) is 15.9. The molecule has 0 amide bonds. The molecule has 1 rings (SSSR count). The first-order valence-electron chi connectivity index (χ1n) is 7.13. The van der Waals surface area contributed by atoms with E-state index in [4.69, 9.17) is 8.92 Å². The van der Waals surface area contributed by atoms with Gasteiger partial charge >= 0.3 is 0 Å². The minimum Gasteiger partial charge on any atom is -0.484 e. The number of hydrogen-bond donors (Lipinski definition) is 0. The van der Waals surface area contributed by atoms with Crippen LogP contribution in [-0.4, -0.2) is 20.6 Å². The summed E-state index contributed by atoms with van der Waals surface area (Å²) in [5.41, 5.74) is -0.503. The third-order valence-corrected chi connectivity index (χ3v) is 4.30. The van der Waals surface area contributed by atoms with Crippen molar-refractivity contribution in [2.24, 2.45) is 0 Å². The third kappa shape index (κ3) is 5.89. The van der Waals surface area contributed by atoms with Gasteiger partial charge in [-0.3, -0.25) is 4.18 Å². The van der Waals surface area contributed by atoms with Gasteiger partial charge in [0.2, 0.25) is 0 Å². The Hall–Kier alpha value is -1.33. The van der Waals surface area contributed by atoms with Crippen molar-refractivity contribution in [1.29, 1.82) is 0 Å². The molecule has 21 heavy (non-hydrogen) atoms. The number of hydrogen-bond acceptors (Lipinski definition) is 4. The van der Waals surface area contributed by atoms with Gasteiger partial charge < -0.3 is 4.74 Å². The molecule has 1 aromatic rings. The van der Waals surface area contributed by atoms with Gasteiger partial charge in [0.25, 0.3) is 10.1 Å². The van der Waals surface area contributed by atoms with Gasteiger partial charge in [-0.1, -0.05) is 26.3 Å². The van der Waals surface area contributed by atoms with Crippen LogP contribution in [0.1, 0.15) is 40.0 Å². The molecule has 0 unspecified atom stereocenters. The van der Waals surface area contributed by atoms with E-state index in [-0.39, 0.29) is 11.5 Å². The quantitative estimate of drug-likeness (QED) is 0.394. The minimum atomic E-state index is -3.68. The molecule has 0 N–H and O–H groups in total. The molecule has 0 fully saturated rings. The standard InChI is InChI=1S/C16H24O4S/c1-5-7-8-13-19-21(17,18)15-11-9-14(10-12-15)20-16(3,4)6-2/h6,9-12H,2,5,7-8,13H2,1,3-4H3. The lowest BCUT2D eigenvalue weighted by molar-refractivity contribution is 0.162. The van der Waals surface area contributed by atoms with E-state index in [1.54, 1.807) is 18.2 Å². The van der Waals surface area contributed by atoms with Crippen LogP contribution < -0.4 is 4.74 Å². The maximum absolute atomic E-state index is 12.0. The van der Waals surface area contributed by atoms with Crippen molar-refractivity contribution in [2.75, 3.05) is 6.61 Å². The molecule has 118 valence electrons. The molecule has 0 atom stereocenters. The van der Waals surface area contributed by atoms with Crippen molar-refractivity contribution in [2.45, 2.75) is 50.5 Å². The Morgan fingerprint density at radius 1 is 1.19 bits per heavy atom. The maximum Gasteiger partial charge on any atom is 0.296 e. The van der Waals surface area contributed by atoms with E-state index >= 15 is 0 Å². The molecule has 0 heterocycles. The largest absolute Gasteiger partial charge is 0.484 e. The Balaban J connectivity index is 2.70. The first-order valence-corrected chi connectivity index (χ1v) is 8.53. The molecule has 0 radical (unpaired) electrons. The highest BCUT2D eigenvalue weighted by atomic mass is 32.2. The lowest BCUT2D eigenvalue weighted by Gasteiger charge is -2.22. The molecule has 0 aliphatic heterocycles. The van der Waals surface area contributed by atoms with E-state index in [9.17, 15) is 8.42 Å². The molecule has 0 bridgehead atoms. The van der Waals surface area contributed by atoms with Crippen molar-refractivity contribution < 1.29 is 17.3 Å². The fourth-order valence-corrected chi connectivity index (χ4v) is 2.55. The summed E-state index contributed by atoms with van der Waals surface area (Å²) < 4.78 is 34.6. The summed E-state index contributed by atoms with van der Waals surface area (Å²) in [6, 6.07) is 6.22. The summed E-state index contributed by atoms with van der Waals surface area (Å²) in [5, 5.41) is 0. The van der Waals surface area contributed by atoms with Gasteiger partial charge in [0.15, 0.2) is 0 Å². The van der Waals surface area contributed by atoms with Gasteiger partial charge in [0, 0.05) is 0 Å². The molecule has 5 heteroatoms. The highest BCUT2D eigenvalue weighted by molar-refractivity contribution is 7.86. The fourth-order valence-electron chi connectivity index (χ4n) is 1.61. The first kappa shape index (κ1) is 17.7. The van der Waals surface area contributed by atoms with Crippen molar-refractivity contribution >= 4 is 10.1 Å². The highest BCUT2D eigenvalue weighted by Gasteiger charge is 2.17. The van der Waals surface area contributed by atoms with Gasteiger partial charge in [-0.05, 0) is 50.6 Å². The van der Waals surface area contributed by atoms with Gasteiger partial charge in [0.05, 0.1) is 11.5 Å². The molecule has 1 aromatic carbocycles. The SMILES string of the molecule is C=CC(C)(C)Oc1ccc(S(=O)(=O)OCCCCC)cc1. The van der Waals surface area contributed by atoms with Crippen LogP contribution >= 0.6 is 0 Å². The normalized spacial score (nSPS) is 12.1. The number of unbranched alkanes of at least 4 members (excludes halogenated alkanes) is 2. The first-order chi connectivity index (χ1) is 9.80. The third-order valence-electron chi connectivity index (χ3n) is 2.97. The van der Waals surface area contributed by atoms with E-state index < -0.39 is 15.7 Å². The van der Waals surface area contributed by atoms with Crippen LogP contribution in [-0.2, 0) is 14.3 Å². The van der Waals surface area contributed by atoms with Gasteiger partial charge in [0.1, 0.15) is 11.4 Å². The molecular formula is C16H24O4S. The lowest BCUT2D eigenvalue weighted by atomic mass is 10.1. The van der Waals surface area contributed by atoms with Crippen molar-refractivity contribution in [1.82, 2.24) is 0 Å². The Labute approximate surface area is 127 Å². The zero-order valence-corrected chi connectivity index (χ0v) is 13.8. The number of benzene rings is 1.